The van der Waals surface area contributed by atoms with Crippen LogP contribution in [0.1, 0.15) is 15.4 Å². The molecule has 0 unspecified atom stereocenters. The van der Waals surface area contributed by atoms with E-state index in [1.54, 1.807) is 4.68 Å². The van der Waals surface area contributed by atoms with Crippen molar-refractivity contribution in [2.75, 3.05) is 5.73 Å². The summed E-state index contributed by atoms with van der Waals surface area (Å²) in [6.45, 7) is 0.445. The van der Waals surface area contributed by atoms with Crippen LogP contribution in [0.25, 0.3) is 11.3 Å². The lowest BCUT2D eigenvalue weighted by Crippen LogP contribution is -2.00. The van der Waals surface area contributed by atoms with Gasteiger partial charge in [0.25, 0.3) is 0 Å². The molecule has 3 N–H and O–H groups in total. The number of nitrogens with zero attached hydrogens (tertiary/aromatic N) is 3. The third-order valence-electron chi connectivity index (χ3n) is 2.91. The molecule has 7 heteroatoms. The number of carboxylic acid groups (broad SMARTS) is 1. The van der Waals surface area contributed by atoms with E-state index in [1.165, 1.54) is 23.7 Å². The number of aromatic nitrogens is 3. The summed E-state index contributed by atoms with van der Waals surface area (Å²) in [6, 6.07) is 7.53. The standard InChI is InChI=1S/C14H12N4O2S/c15-11-3-1-2-9(4-11)12-8-21-13(17-12)7-18-6-10(5-16-18)14(19)20/h1-6,8H,7,15H2,(H,19,20). The number of benzene rings is 1. The van der Waals surface area contributed by atoms with Crippen LogP contribution in [-0.2, 0) is 6.54 Å². The van der Waals surface area contributed by atoms with Crippen molar-refractivity contribution in [1.82, 2.24) is 14.8 Å². The summed E-state index contributed by atoms with van der Waals surface area (Å²) in [5, 5.41) is 15.7. The average Bonchev–Trinajstić information content (AvgIpc) is 3.08. The van der Waals surface area contributed by atoms with Crippen molar-refractivity contribution in [3.63, 3.8) is 0 Å². The molecule has 2 heterocycles. The summed E-state index contributed by atoms with van der Waals surface area (Å²) in [5.41, 5.74) is 8.44. The van der Waals surface area contributed by atoms with Gasteiger partial charge in [0.15, 0.2) is 0 Å². The Kier molecular flexibility index (Phi) is 3.41. The molecule has 0 radical (unpaired) electrons. The van der Waals surface area contributed by atoms with Gasteiger partial charge in [0.05, 0.1) is 24.0 Å². The van der Waals surface area contributed by atoms with E-state index < -0.39 is 5.97 Å². The average molecular weight is 300 g/mol. The van der Waals surface area contributed by atoms with Gasteiger partial charge in [-0.25, -0.2) is 9.78 Å². The van der Waals surface area contributed by atoms with Gasteiger partial charge in [-0.15, -0.1) is 11.3 Å². The molecule has 0 fully saturated rings. The van der Waals surface area contributed by atoms with Crippen molar-refractivity contribution >= 4 is 23.0 Å². The first-order valence-electron chi connectivity index (χ1n) is 6.18. The maximum absolute atomic E-state index is 10.8. The molecule has 3 aromatic rings. The van der Waals surface area contributed by atoms with Gasteiger partial charge < -0.3 is 10.8 Å². The number of hydrogen-bond donors (Lipinski definition) is 2. The van der Waals surface area contributed by atoms with E-state index in [-0.39, 0.29) is 5.56 Å². The summed E-state index contributed by atoms with van der Waals surface area (Å²) in [5.74, 6) is -0.985. The monoisotopic (exact) mass is 300 g/mol. The molecule has 0 aliphatic heterocycles. The van der Waals surface area contributed by atoms with Crippen LogP contribution in [-0.4, -0.2) is 25.8 Å². The molecule has 0 saturated carbocycles. The molecule has 0 atom stereocenters. The third kappa shape index (κ3) is 2.92. The van der Waals surface area contributed by atoms with Gasteiger partial charge in [-0.1, -0.05) is 12.1 Å². The minimum atomic E-state index is -0.985. The molecule has 0 aliphatic rings. The lowest BCUT2D eigenvalue weighted by molar-refractivity contribution is 0.0697. The highest BCUT2D eigenvalue weighted by Crippen LogP contribution is 2.23. The van der Waals surface area contributed by atoms with Crippen molar-refractivity contribution in [3.8, 4) is 11.3 Å². The van der Waals surface area contributed by atoms with Crippen LogP contribution in [0.4, 0.5) is 5.69 Å². The summed E-state index contributed by atoms with van der Waals surface area (Å²) in [6.07, 6.45) is 2.82. The summed E-state index contributed by atoms with van der Waals surface area (Å²) < 4.78 is 1.56. The molecule has 0 spiro atoms. The molecule has 6 nitrogen and oxygen atoms in total. The second kappa shape index (κ2) is 5.37. The quantitative estimate of drug-likeness (QED) is 0.721. The van der Waals surface area contributed by atoms with E-state index in [4.69, 9.17) is 10.8 Å². The van der Waals surface area contributed by atoms with Crippen molar-refractivity contribution < 1.29 is 9.90 Å². The van der Waals surface area contributed by atoms with Crippen LogP contribution in [0.15, 0.2) is 42.0 Å². The number of nitrogens with two attached hydrogens (primary N) is 1. The number of aromatic carboxylic acids is 1. The fraction of sp³-hybridized carbons (Fsp3) is 0.0714. The maximum Gasteiger partial charge on any atom is 0.338 e. The SMILES string of the molecule is Nc1cccc(-c2csc(Cn3cc(C(=O)O)cn3)n2)c1. The maximum atomic E-state index is 10.8. The zero-order valence-electron chi connectivity index (χ0n) is 10.9. The Morgan fingerprint density at radius 1 is 1.43 bits per heavy atom. The molecule has 0 aliphatic carbocycles. The van der Waals surface area contributed by atoms with Crippen LogP contribution in [0.5, 0.6) is 0 Å². The van der Waals surface area contributed by atoms with Gasteiger partial charge in [-0.2, -0.15) is 5.10 Å². The first-order chi connectivity index (χ1) is 10.1. The van der Waals surface area contributed by atoms with Crippen LogP contribution >= 0.6 is 11.3 Å². The smallest absolute Gasteiger partial charge is 0.338 e. The van der Waals surface area contributed by atoms with Crippen molar-refractivity contribution in [3.05, 3.63) is 52.6 Å². The highest BCUT2D eigenvalue weighted by Gasteiger charge is 2.09. The fourth-order valence-electron chi connectivity index (χ4n) is 1.91. The lowest BCUT2D eigenvalue weighted by Gasteiger charge is -1.98. The van der Waals surface area contributed by atoms with E-state index in [9.17, 15) is 4.79 Å². The van der Waals surface area contributed by atoms with E-state index in [0.29, 0.717) is 12.2 Å². The van der Waals surface area contributed by atoms with Crippen molar-refractivity contribution in [1.29, 1.82) is 0 Å². The Hall–Kier alpha value is -2.67. The lowest BCUT2D eigenvalue weighted by atomic mass is 10.1. The third-order valence-corrected chi connectivity index (χ3v) is 3.75. The Morgan fingerprint density at radius 2 is 2.29 bits per heavy atom. The number of thiazole rings is 1. The number of carboxylic acids is 1. The fourth-order valence-corrected chi connectivity index (χ4v) is 2.71. The summed E-state index contributed by atoms with van der Waals surface area (Å²) in [7, 11) is 0. The van der Waals surface area contributed by atoms with Crippen LogP contribution in [0.3, 0.4) is 0 Å². The summed E-state index contributed by atoms with van der Waals surface area (Å²) in [4.78, 5) is 15.3. The highest BCUT2D eigenvalue weighted by molar-refractivity contribution is 7.09. The zero-order chi connectivity index (χ0) is 14.8. The molecule has 0 saturated heterocycles. The molecule has 0 amide bonds. The Bertz CT molecular complexity index is 794. The Morgan fingerprint density at radius 3 is 3.00 bits per heavy atom. The molecule has 3 rings (SSSR count). The Balaban J connectivity index is 1.80. The molecule has 0 bridgehead atoms. The molecule has 1 aromatic carbocycles. The largest absolute Gasteiger partial charge is 0.478 e. The van der Waals surface area contributed by atoms with Crippen LogP contribution in [0, 0.1) is 0 Å². The predicted octanol–water partition coefficient (Wildman–Crippen LogP) is 2.34. The van der Waals surface area contributed by atoms with Gasteiger partial charge in [0.2, 0.25) is 0 Å². The zero-order valence-corrected chi connectivity index (χ0v) is 11.7. The Labute approximate surface area is 124 Å². The number of rotatable bonds is 4. The number of nitrogen functional groups attached to an aromatic ring is 1. The van der Waals surface area contributed by atoms with Crippen LogP contribution in [0.2, 0.25) is 0 Å². The van der Waals surface area contributed by atoms with E-state index >= 15 is 0 Å². The van der Waals surface area contributed by atoms with Crippen molar-refractivity contribution in [2.45, 2.75) is 6.54 Å². The van der Waals surface area contributed by atoms with E-state index in [2.05, 4.69) is 10.1 Å². The van der Waals surface area contributed by atoms with Gasteiger partial charge in [-0.05, 0) is 12.1 Å². The van der Waals surface area contributed by atoms with E-state index in [1.807, 2.05) is 29.6 Å². The second-order valence-electron chi connectivity index (χ2n) is 4.48. The number of carbonyl (C=O) groups is 1. The second-order valence-corrected chi connectivity index (χ2v) is 5.43. The van der Waals surface area contributed by atoms with Crippen LogP contribution < -0.4 is 5.73 Å². The topological polar surface area (TPSA) is 94.0 Å². The molecular weight excluding hydrogens is 288 g/mol. The first kappa shape index (κ1) is 13.3. The minimum absolute atomic E-state index is 0.169. The highest BCUT2D eigenvalue weighted by atomic mass is 32.1. The summed E-state index contributed by atoms with van der Waals surface area (Å²) >= 11 is 1.50. The van der Waals surface area contributed by atoms with Crippen molar-refractivity contribution in [2.24, 2.45) is 0 Å². The number of hydrogen-bond acceptors (Lipinski definition) is 5. The first-order valence-corrected chi connectivity index (χ1v) is 7.06. The molecule has 21 heavy (non-hydrogen) atoms. The number of anilines is 1. The molecule has 106 valence electrons. The van der Waals surface area contributed by atoms with Gasteiger partial charge in [0, 0.05) is 22.8 Å². The molecule has 2 aromatic heterocycles. The molecular formula is C14H12N4O2S. The normalized spacial score (nSPS) is 10.7. The van der Waals surface area contributed by atoms with Gasteiger partial charge in [0.1, 0.15) is 5.01 Å². The minimum Gasteiger partial charge on any atom is -0.478 e. The predicted molar refractivity (Wildman–Crippen MR) is 80.3 cm³/mol. The van der Waals surface area contributed by atoms with Gasteiger partial charge >= 0.3 is 5.97 Å². The van der Waals surface area contributed by atoms with E-state index in [0.717, 1.165) is 16.3 Å². The van der Waals surface area contributed by atoms with Gasteiger partial charge in [-0.3, -0.25) is 4.68 Å².